The molecule has 124 valence electrons. The Bertz CT molecular complexity index is 978. The molecule has 3 aromatic rings. The van der Waals surface area contributed by atoms with Crippen molar-refractivity contribution in [2.24, 2.45) is 5.73 Å². The zero-order valence-electron chi connectivity index (χ0n) is 12.7. The minimum absolute atomic E-state index is 0.198. The van der Waals surface area contributed by atoms with E-state index in [-0.39, 0.29) is 17.2 Å². The monoisotopic (exact) mass is 344 g/mol. The van der Waals surface area contributed by atoms with E-state index in [1.807, 2.05) is 30.3 Å². The van der Waals surface area contributed by atoms with Crippen LogP contribution in [0.25, 0.3) is 11.0 Å². The molecule has 1 aromatic heterocycles. The van der Waals surface area contributed by atoms with Crippen LogP contribution in [0.1, 0.15) is 16.1 Å². The zero-order chi connectivity index (χ0) is 17.2. The average Bonchev–Trinajstić information content (AvgIpc) is 2.96. The molecule has 0 saturated carbocycles. The number of carbonyl (C=O) groups is 1. The maximum absolute atomic E-state index is 12.6. The van der Waals surface area contributed by atoms with Crippen molar-refractivity contribution >= 4 is 26.9 Å². The van der Waals surface area contributed by atoms with E-state index in [2.05, 4.69) is 4.72 Å². The fourth-order valence-electron chi connectivity index (χ4n) is 2.50. The van der Waals surface area contributed by atoms with Crippen LogP contribution in [0, 0.1) is 0 Å². The highest BCUT2D eigenvalue weighted by Gasteiger charge is 2.28. The number of primary amides is 1. The summed E-state index contributed by atoms with van der Waals surface area (Å²) >= 11 is 0. The molecule has 0 aliphatic rings. The van der Waals surface area contributed by atoms with Gasteiger partial charge in [-0.3, -0.25) is 4.79 Å². The first-order chi connectivity index (χ1) is 11.5. The smallest absolute Gasteiger partial charge is 0.285 e. The van der Waals surface area contributed by atoms with Crippen LogP contribution in [0.15, 0.2) is 63.9 Å². The summed E-state index contributed by atoms with van der Waals surface area (Å²) in [6.07, 6.45) is 0.530. The Morgan fingerprint density at radius 3 is 2.42 bits per heavy atom. The van der Waals surface area contributed by atoms with E-state index in [1.54, 1.807) is 24.3 Å². The van der Waals surface area contributed by atoms with E-state index in [9.17, 15) is 13.2 Å². The van der Waals surface area contributed by atoms with Crippen LogP contribution in [0.4, 0.5) is 0 Å². The van der Waals surface area contributed by atoms with Gasteiger partial charge in [-0.1, -0.05) is 42.5 Å². The predicted molar refractivity (Wildman–Crippen MR) is 90.1 cm³/mol. The fourth-order valence-corrected chi connectivity index (χ4v) is 3.86. The highest BCUT2D eigenvalue weighted by Crippen LogP contribution is 2.29. The van der Waals surface area contributed by atoms with Gasteiger partial charge < -0.3 is 10.2 Å². The molecule has 0 fully saturated rings. The molecule has 0 aliphatic heterocycles. The van der Waals surface area contributed by atoms with Crippen molar-refractivity contribution < 1.29 is 17.6 Å². The van der Waals surface area contributed by atoms with Gasteiger partial charge in [-0.2, -0.15) is 0 Å². The number of benzene rings is 2. The number of amides is 1. The summed E-state index contributed by atoms with van der Waals surface area (Å²) in [5, 5.41) is 0.332. The molecule has 1 amide bonds. The van der Waals surface area contributed by atoms with Gasteiger partial charge in [0.15, 0.2) is 0 Å². The van der Waals surface area contributed by atoms with Crippen molar-refractivity contribution in [1.82, 2.24) is 4.72 Å². The molecule has 1 heterocycles. The molecule has 2 aromatic carbocycles. The van der Waals surface area contributed by atoms with Gasteiger partial charge in [0, 0.05) is 11.9 Å². The summed E-state index contributed by atoms with van der Waals surface area (Å²) < 4.78 is 33.1. The first kappa shape index (κ1) is 16.2. The van der Waals surface area contributed by atoms with Gasteiger partial charge in [0.2, 0.25) is 15.8 Å². The van der Waals surface area contributed by atoms with Gasteiger partial charge >= 0.3 is 0 Å². The number of nitrogens with one attached hydrogen (secondary N) is 1. The number of nitrogens with two attached hydrogens (primary N) is 1. The van der Waals surface area contributed by atoms with Gasteiger partial charge in [0.05, 0.1) is 0 Å². The van der Waals surface area contributed by atoms with E-state index >= 15 is 0 Å². The molecule has 3 rings (SSSR count). The van der Waals surface area contributed by atoms with Crippen LogP contribution in [0.3, 0.4) is 0 Å². The number of rotatable bonds is 6. The Hall–Kier alpha value is -2.64. The molecule has 0 bridgehead atoms. The Kier molecular flexibility index (Phi) is 4.37. The van der Waals surface area contributed by atoms with Gasteiger partial charge in [0.1, 0.15) is 10.5 Å². The second-order valence-corrected chi connectivity index (χ2v) is 6.96. The highest BCUT2D eigenvalue weighted by atomic mass is 32.2. The molecule has 6 nitrogen and oxygen atoms in total. The van der Waals surface area contributed by atoms with Crippen LogP contribution in [-0.4, -0.2) is 20.9 Å². The molecule has 0 unspecified atom stereocenters. The number of fused-ring (bicyclic) bond motifs is 1. The predicted octanol–water partition coefficient (Wildman–Crippen LogP) is 2.05. The fraction of sp³-hybridized carbons (Fsp3) is 0.118. The zero-order valence-corrected chi connectivity index (χ0v) is 13.5. The quantitative estimate of drug-likeness (QED) is 0.714. The third-order valence-electron chi connectivity index (χ3n) is 3.59. The van der Waals surface area contributed by atoms with E-state index in [1.165, 1.54) is 0 Å². The lowest BCUT2D eigenvalue weighted by molar-refractivity contribution is 0.0971. The molecular weight excluding hydrogens is 328 g/mol. The van der Waals surface area contributed by atoms with Crippen molar-refractivity contribution in [2.75, 3.05) is 6.54 Å². The first-order valence-electron chi connectivity index (χ1n) is 7.34. The van der Waals surface area contributed by atoms with Crippen molar-refractivity contribution in [2.45, 2.75) is 11.3 Å². The number of furan rings is 1. The third-order valence-corrected chi connectivity index (χ3v) is 5.12. The third kappa shape index (κ3) is 3.17. The van der Waals surface area contributed by atoms with Gasteiger partial charge in [0.25, 0.3) is 5.91 Å². The highest BCUT2D eigenvalue weighted by molar-refractivity contribution is 7.89. The van der Waals surface area contributed by atoms with Gasteiger partial charge in [-0.25, -0.2) is 13.1 Å². The summed E-state index contributed by atoms with van der Waals surface area (Å²) in [7, 11) is -3.93. The minimum atomic E-state index is -3.93. The summed E-state index contributed by atoms with van der Waals surface area (Å²) in [5.74, 6) is -1.28. The van der Waals surface area contributed by atoms with Crippen LogP contribution >= 0.6 is 0 Å². The van der Waals surface area contributed by atoms with E-state index < -0.39 is 15.9 Å². The van der Waals surface area contributed by atoms with Gasteiger partial charge in [-0.05, 0) is 24.1 Å². The molecule has 0 aliphatic carbocycles. The standard InChI is InChI=1S/C17H16N2O4S/c18-17(20)15-16(13-8-4-5-9-14(13)23-15)24(21,22)19-11-10-12-6-2-1-3-7-12/h1-9,19H,10-11H2,(H2,18,20). The van der Waals surface area contributed by atoms with Crippen LogP contribution in [0.2, 0.25) is 0 Å². The normalized spacial score (nSPS) is 11.7. The average molecular weight is 344 g/mol. The molecular formula is C17H16N2O4S. The molecule has 0 spiro atoms. The van der Waals surface area contributed by atoms with E-state index in [0.29, 0.717) is 17.4 Å². The maximum atomic E-state index is 12.6. The van der Waals surface area contributed by atoms with Crippen molar-refractivity contribution in [3.63, 3.8) is 0 Å². The number of hydrogen-bond donors (Lipinski definition) is 2. The SMILES string of the molecule is NC(=O)c1oc2ccccc2c1S(=O)(=O)NCCc1ccccc1. The number of para-hydroxylation sites is 1. The van der Waals surface area contributed by atoms with Crippen LogP contribution in [0.5, 0.6) is 0 Å². The Labute approximate surface area is 139 Å². The molecule has 7 heteroatoms. The second-order valence-electron chi connectivity index (χ2n) is 5.25. The number of hydrogen-bond acceptors (Lipinski definition) is 4. The molecule has 0 atom stereocenters. The largest absolute Gasteiger partial charge is 0.449 e. The van der Waals surface area contributed by atoms with Crippen LogP contribution in [-0.2, 0) is 16.4 Å². The lowest BCUT2D eigenvalue weighted by Crippen LogP contribution is -2.28. The summed E-state index contributed by atoms with van der Waals surface area (Å²) in [6.45, 7) is 0.198. The number of sulfonamides is 1. The summed E-state index contributed by atoms with van der Waals surface area (Å²) in [4.78, 5) is 11.4. The summed E-state index contributed by atoms with van der Waals surface area (Å²) in [5.41, 5.74) is 6.58. The molecule has 0 saturated heterocycles. The van der Waals surface area contributed by atoms with E-state index in [0.717, 1.165) is 5.56 Å². The number of carbonyl (C=O) groups excluding carboxylic acids is 1. The van der Waals surface area contributed by atoms with Crippen molar-refractivity contribution in [3.05, 3.63) is 65.9 Å². The van der Waals surface area contributed by atoms with Gasteiger partial charge in [-0.15, -0.1) is 0 Å². The summed E-state index contributed by atoms with van der Waals surface area (Å²) in [6, 6.07) is 16.0. The Morgan fingerprint density at radius 2 is 1.71 bits per heavy atom. The molecule has 3 N–H and O–H groups in total. The lowest BCUT2D eigenvalue weighted by atomic mass is 10.2. The van der Waals surface area contributed by atoms with Crippen molar-refractivity contribution in [1.29, 1.82) is 0 Å². The van der Waals surface area contributed by atoms with E-state index in [4.69, 9.17) is 10.2 Å². The first-order valence-corrected chi connectivity index (χ1v) is 8.82. The Balaban J connectivity index is 1.90. The second kappa shape index (κ2) is 6.46. The molecule has 0 radical (unpaired) electrons. The molecule has 24 heavy (non-hydrogen) atoms. The minimum Gasteiger partial charge on any atom is -0.449 e. The topological polar surface area (TPSA) is 102 Å². The maximum Gasteiger partial charge on any atom is 0.285 e. The Morgan fingerprint density at radius 1 is 1.04 bits per heavy atom. The van der Waals surface area contributed by atoms with Crippen LogP contribution < -0.4 is 10.5 Å². The van der Waals surface area contributed by atoms with Crippen molar-refractivity contribution in [3.8, 4) is 0 Å². The lowest BCUT2D eigenvalue weighted by Gasteiger charge is -2.06.